The first-order valence-electron chi connectivity index (χ1n) is 6.62. The van der Waals surface area contributed by atoms with E-state index in [0.29, 0.717) is 30.1 Å². The molecule has 0 fully saturated rings. The number of carbonyl (C=O) groups is 1. The minimum Gasteiger partial charge on any atom is -0.485 e. The summed E-state index contributed by atoms with van der Waals surface area (Å²) in [4.78, 5) is 15.6. The number of nitriles is 1. The standard InChI is InChI=1S/C16H11ClN2O3/c1-9-10(7-18)3-2-4-11(9)12-8-19-13(16(17)20)15-14(12)21-5-6-22-15/h2-4,8H,5-6H2,1H3. The predicted octanol–water partition coefficient (Wildman–Crippen LogP) is 3.08. The molecule has 0 unspecified atom stereocenters. The maximum absolute atomic E-state index is 11.5. The van der Waals surface area contributed by atoms with Crippen molar-refractivity contribution in [3.05, 3.63) is 41.2 Å². The zero-order valence-corrected chi connectivity index (χ0v) is 12.5. The Balaban J connectivity index is 2.25. The molecule has 0 radical (unpaired) electrons. The Kier molecular flexibility index (Phi) is 3.70. The summed E-state index contributed by atoms with van der Waals surface area (Å²) >= 11 is 5.54. The third kappa shape index (κ3) is 2.28. The van der Waals surface area contributed by atoms with Gasteiger partial charge in [-0.1, -0.05) is 12.1 Å². The van der Waals surface area contributed by atoms with Crippen LogP contribution in [-0.4, -0.2) is 23.4 Å². The molecule has 3 rings (SSSR count). The van der Waals surface area contributed by atoms with Crippen LogP contribution in [0.5, 0.6) is 11.5 Å². The number of nitrogens with zero attached hydrogens (tertiary/aromatic N) is 2. The summed E-state index contributed by atoms with van der Waals surface area (Å²) in [6.45, 7) is 2.55. The molecule has 1 aromatic carbocycles. The van der Waals surface area contributed by atoms with Gasteiger partial charge in [0.25, 0.3) is 5.24 Å². The average molecular weight is 315 g/mol. The highest BCUT2D eigenvalue weighted by atomic mass is 35.5. The maximum Gasteiger partial charge on any atom is 0.274 e. The van der Waals surface area contributed by atoms with Gasteiger partial charge in [0.1, 0.15) is 13.2 Å². The Hall–Kier alpha value is -2.58. The van der Waals surface area contributed by atoms with E-state index < -0.39 is 5.24 Å². The van der Waals surface area contributed by atoms with Gasteiger partial charge in [-0.05, 0) is 35.7 Å². The van der Waals surface area contributed by atoms with Gasteiger partial charge in [0.2, 0.25) is 0 Å². The molecule has 0 aliphatic carbocycles. The van der Waals surface area contributed by atoms with Crippen LogP contribution >= 0.6 is 11.6 Å². The Labute approximate surface area is 132 Å². The van der Waals surface area contributed by atoms with Gasteiger partial charge < -0.3 is 9.47 Å². The molecule has 0 amide bonds. The average Bonchev–Trinajstić information content (AvgIpc) is 2.54. The van der Waals surface area contributed by atoms with Crippen LogP contribution in [0.3, 0.4) is 0 Å². The van der Waals surface area contributed by atoms with Crippen LogP contribution in [0, 0.1) is 18.3 Å². The summed E-state index contributed by atoms with van der Waals surface area (Å²) in [6.07, 6.45) is 1.52. The highest BCUT2D eigenvalue weighted by molar-refractivity contribution is 6.67. The molecule has 0 saturated carbocycles. The lowest BCUT2D eigenvalue weighted by molar-refractivity contribution is 0.106. The summed E-state index contributed by atoms with van der Waals surface area (Å²) in [5.41, 5.74) is 2.90. The molecule has 0 spiro atoms. The molecular weight excluding hydrogens is 304 g/mol. The highest BCUT2D eigenvalue weighted by Gasteiger charge is 2.26. The van der Waals surface area contributed by atoms with Gasteiger partial charge in [-0.3, -0.25) is 4.79 Å². The largest absolute Gasteiger partial charge is 0.485 e. The molecule has 6 heteroatoms. The summed E-state index contributed by atoms with van der Waals surface area (Å²) in [6, 6.07) is 7.55. The first-order valence-corrected chi connectivity index (χ1v) is 6.99. The third-order valence-electron chi connectivity index (χ3n) is 3.50. The number of halogens is 1. The lowest BCUT2D eigenvalue weighted by Gasteiger charge is -2.22. The van der Waals surface area contributed by atoms with Gasteiger partial charge >= 0.3 is 0 Å². The lowest BCUT2D eigenvalue weighted by Crippen LogP contribution is -2.18. The van der Waals surface area contributed by atoms with Crippen molar-refractivity contribution in [2.24, 2.45) is 0 Å². The van der Waals surface area contributed by atoms with Gasteiger partial charge in [-0.2, -0.15) is 5.26 Å². The zero-order valence-electron chi connectivity index (χ0n) is 11.7. The Morgan fingerprint density at radius 1 is 1.27 bits per heavy atom. The molecule has 5 nitrogen and oxygen atoms in total. The molecule has 22 heavy (non-hydrogen) atoms. The van der Waals surface area contributed by atoms with Crippen LogP contribution in [0.2, 0.25) is 0 Å². The lowest BCUT2D eigenvalue weighted by atomic mass is 9.97. The molecule has 1 aliphatic heterocycles. The van der Waals surface area contributed by atoms with E-state index in [2.05, 4.69) is 11.1 Å². The fourth-order valence-corrected chi connectivity index (χ4v) is 2.56. The summed E-state index contributed by atoms with van der Waals surface area (Å²) in [7, 11) is 0. The number of aromatic nitrogens is 1. The van der Waals surface area contributed by atoms with Gasteiger partial charge in [-0.15, -0.1) is 0 Å². The Morgan fingerprint density at radius 3 is 2.68 bits per heavy atom. The molecule has 1 aliphatic rings. The summed E-state index contributed by atoms with van der Waals surface area (Å²) in [5, 5.41) is 8.46. The van der Waals surface area contributed by atoms with Crippen LogP contribution in [-0.2, 0) is 0 Å². The van der Waals surface area contributed by atoms with Crippen molar-refractivity contribution in [3.63, 3.8) is 0 Å². The fraction of sp³-hybridized carbons (Fsp3) is 0.188. The second-order valence-corrected chi connectivity index (χ2v) is 5.08. The second kappa shape index (κ2) is 5.66. The van der Waals surface area contributed by atoms with E-state index in [9.17, 15) is 4.79 Å². The van der Waals surface area contributed by atoms with Gasteiger partial charge in [0.15, 0.2) is 17.2 Å². The van der Waals surface area contributed by atoms with E-state index in [1.165, 1.54) is 6.20 Å². The number of rotatable bonds is 2. The predicted molar refractivity (Wildman–Crippen MR) is 80.3 cm³/mol. The minimum absolute atomic E-state index is 0.0363. The number of hydrogen-bond acceptors (Lipinski definition) is 5. The van der Waals surface area contributed by atoms with Crippen LogP contribution < -0.4 is 9.47 Å². The number of pyridine rings is 1. The highest BCUT2D eigenvalue weighted by Crippen LogP contribution is 2.42. The summed E-state index contributed by atoms with van der Waals surface area (Å²) in [5.74, 6) is 0.689. The maximum atomic E-state index is 11.5. The third-order valence-corrected chi connectivity index (χ3v) is 3.67. The van der Waals surface area contributed by atoms with Crippen molar-refractivity contribution < 1.29 is 14.3 Å². The van der Waals surface area contributed by atoms with Crippen molar-refractivity contribution in [3.8, 4) is 28.7 Å². The number of hydrogen-bond donors (Lipinski definition) is 0. The number of ether oxygens (including phenoxy) is 2. The van der Waals surface area contributed by atoms with Crippen LogP contribution in [0.4, 0.5) is 0 Å². The molecule has 0 N–H and O–H groups in total. The zero-order chi connectivity index (χ0) is 15.7. The van der Waals surface area contributed by atoms with Crippen molar-refractivity contribution in [1.29, 1.82) is 5.26 Å². The number of fused-ring (bicyclic) bond motifs is 1. The SMILES string of the molecule is Cc1c(C#N)cccc1-c1cnc(C(=O)Cl)c2c1OCCO2. The van der Waals surface area contributed by atoms with Crippen molar-refractivity contribution in [1.82, 2.24) is 4.98 Å². The van der Waals surface area contributed by atoms with E-state index in [-0.39, 0.29) is 11.4 Å². The van der Waals surface area contributed by atoms with Crippen LogP contribution in [0.1, 0.15) is 21.6 Å². The molecule has 0 atom stereocenters. The summed E-state index contributed by atoms with van der Waals surface area (Å²) < 4.78 is 11.2. The first-order chi connectivity index (χ1) is 10.6. The number of benzene rings is 1. The number of carbonyl (C=O) groups excluding carboxylic acids is 1. The van der Waals surface area contributed by atoms with Gasteiger partial charge in [-0.25, -0.2) is 4.98 Å². The molecule has 0 bridgehead atoms. The van der Waals surface area contributed by atoms with Crippen molar-refractivity contribution >= 4 is 16.8 Å². The smallest absolute Gasteiger partial charge is 0.274 e. The van der Waals surface area contributed by atoms with Crippen LogP contribution in [0.25, 0.3) is 11.1 Å². The quantitative estimate of drug-likeness (QED) is 0.796. The molecule has 110 valence electrons. The Morgan fingerprint density at radius 2 is 2.00 bits per heavy atom. The molecule has 1 aromatic heterocycles. The van der Waals surface area contributed by atoms with E-state index >= 15 is 0 Å². The monoisotopic (exact) mass is 314 g/mol. The van der Waals surface area contributed by atoms with E-state index in [4.69, 9.17) is 26.3 Å². The molecule has 2 heterocycles. The topological polar surface area (TPSA) is 72.2 Å². The Bertz CT molecular complexity index is 812. The van der Waals surface area contributed by atoms with E-state index in [1.54, 1.807) is 12.1 Å². The van der Waals surface area contributed by atoms with Gasteiger partial charge in [0.05, 0.1) is 11.6 Å². The van der Waals surface area contributed by atoms with E-state index in [1.807, 2.05) is 13.0 Å². The molecule has 2 aromatic rings. The second-order valence-electron chi connectivity index (χ2n) is 4.74. The molecular formula is C16H11ClN2O3. The van der Waals surface area contributed by atoms with Crippen molar-refractivity contribution in [2.45, 2.75) is 6.92 Å². The van der Waals surface area contributed by atoms with E-state index in [0.717, 1.165) is 11.1 Å². The normalized spacial score (nSPS) is 12.6. The van der Waals surface area contributed by atoms with Gasteiger partial charge in [0, 0.05) is 11.8 Å². The minimum atomic E-state index is -0.698. The fourth-order valence-electron chi connectivity index (χ4n) is 2.42. The first kappa shape index (κ1) is 14.4. The molecule has 0 saturated heterocycles. The van der Waals surface area contributed by atoms with Crippen LogP contribution in [0.15, 0.2) is 24.4 Å². The van der Waals surface area contributed by atoms with Crippen molar-refractivity contribution in [2.75, 3.05) is 13.2 Å².